The average molecular weight is 330 g/mol. The lowest BCUT2D eigenvalue weighted by atomic mass is 9.84. The van der Waals surface area contributed by atoms with E-state index in [9.17, 15) is 19.4 Å². The van der Waals surface area contributed by atoms with Crippen molar-refractivity contribution in [3.63, 3.8) is 0 Å². The molecule has 0 fully saturated rings. The lowest BCUT2D eigenvalue weighted by Crippen LogP contribution is -2.20. The van der Waals surface area contributed by atoms with E-state index < -0.39 is 20.5 Å². The Kier molecular flexibility index (Phi) is 3.61. The molecule has 0 nitrogen and oxygen atoms in total. The van der Waals surface area contributed by atoms with Gasteiger partial charge in [0.05, 0.1) is 0 Å². The second-order valence-electron chi connectivity index (χ2n) is 7.79. The molecule has 0 radical (unpaired) electrons. The van der Waals surface area contributed by atoms with Crippen molar-refractivity contribution in [3.8, 4) is 0 Å². The van der Waals surface area contributed by atoms with Gasteiger partial charge in [-0.2, -0.15) is 0 Å². The number of halogens is 5. The lowest BCUT2D eigenvalue weighted by Gasteiger charge is -2.44. The van der Waals surface area contributed by atoms with E-state index >= 15 is 0 Å². The largest absolute Gasteiger partial charge is 0.310 e. The van der Waals surface area contributed by atoms with Gasteiger partial charge >= 0.3 is 10.2 Å². The summed E-state index contributed by atoms with van der Waals surface area (Å²) < 4.78 is 66.8. The van der Waals surface area contributed by atoms with Crippen molar-refractivity contribution in [2.75, 3.05) is 0 Å². The first-order valence-corrected chi connectivity index (χ1v) is 8.62. The Labute approximate surface area is 123 Å². The Balaban J connectivity index is 3.62. The number of benzene rings is 1. The van der Waals surface area contributed by atoms with Crippen LogP contribution < -0.4 is 0 Å². The molecule has 0 unspecified atom stereocenters. The summed E-state index contributed by atoms with van der Waals surface area (Å²) in [6.45, 7) is 10.1. The van der Waals surface area contributed by atoms with Crippen LogP contribution in [0.2, 0.25) is 0 Å². The van der Waals surface area contributed by atoms with Crippen LogP contribution in [0.1, 0.15) is 52.7 Å². The van der Waals surface area contributed by atoms with Crippen LogP contribution in [0.5, 0.6) is 0 Å². The standard InChI is InChI=1S/C15H23F5S/c1-14(2,3)10-11-7-8-12(15(4,5)6)13(9-11)21(16,17,18,19)20/h7-9H,10H2,1-6H3. The second-order valence-corrected chi connectivity index (χ2v) is 10.2. The summed E-state index contributed by atoms with van der Waals surface area (Å²) >= 11 is 0. The fourth-order valence-corrected chi connectivity index (χ4v) is 3.39. The maximum absolute atomic E-state index is 13.4. The molecule has 0 N–H and O–H groups in total. The number of hydrogen-bond donors (Lipinski definition) is 0. The molecule has 0 spiro atoms. The maximum atomic E-state index is 13.4. The highest BCUT2D eigenvalue weighted by atomic mass is 32.5. The van der Waals surface area contributed by atoms with Crippen molar-refractivity contribution in [1.82, 2.24) is 0 Å². The van der Waals surface area contributed by atoms with Crippen molar-refractivity contribution in [2.45, 2.75) is 58.3 Å². The van der Waals surface area contributed by atoms with Gasteiger partial charge < -0.3 is 0 Å². The lowest BCUT2D eigenvalue weighted by molar-refractivity contribution is 0.357. The molecule has 1 aromatic carbocycles. The topological polar surface area (TPSA) is 0 Å². The summed E-state index contributed by atoms with van der Waals surface area (Å²) in [6, 6.07) is 3.33. The van der Waals surface area contributed by atoms with Crippen molar-refractivity contribution in [2.24, 2.45) is 5.41 Å². The van der Waals surface area contributed by atoms with Crippen molar-refractivity contribution in [3.05, 3.63) is 29.3 Å². The highest BCUT2D eigenvalue weighted by molar-refractivity contribution is 8.45. The van der Waals surface area contributed by atoms with Gasteiger partial charge in [0, 0.05) is 0 Å². The van der Waals surface area contributed by atoms with Crippen LogP contribution >= 0.6 is 10.2 Å². The first-order chi connectivity index (χ1) is 8.79. The fraction of sp³-hybridized carbons (Fsp3) is 0.600. The molecular formula is C15H23F5S. The quantitative estimate of drug-likeness (QED) is 0.502. The summed E-state index contributed by atoms with van der Waals surface area (Å²) in [5, 5.41) is 0. The van der Waals surface area contributed by atoms with Gasteiger partial charge in [0.2, 0.25) is 0 Å². The molecule has 1 rings (SSSR count). The molecule has 0 atom stereocenters. The van der Waals surface area contributed by atoms with Gasteiger partial charge in [-0.3, -0.25) is 0 Å². The molecule has 0 bridgehead atoms. The molecule has 21 heavy (non-hydrogen) atoms. The minimum absolute atomic E-state index is 0.277. The van der Waals surface area contributed by atoms with E-state index in [0.717, 1.165) is 0 Å². The Morgan fingerprint density at radius 3 is 1.67 bits per heavy atom. The summed E-state index contributed by atoms with van der Waals surface area (Å²) in [5.74, 6) is 0. The van der Waals surface area contributed by atoms with Gasteiger partial charge in [-0.15, -0.1) is 0 Å². The van der Waals surface area contributed by atoms with Crippen LogP contribution in [0.15, 0.2) is 23.1 Å². The molecular weight excluding hydrogens is 307 g/mol. The Hall–Kier alpha value is -0.780. The smallest absolute Gasteiger partial charge is 0.0936 e. The zero-order valence-corrected chi connectivity index (χ0v) is 14.1. The van der Waals surface area contributed by atoms with Crippen molar-refractivity contribution in [1.29, 1.82) is 0 Å². The van der Waals surface area contributed by atoms with Gasteiger partial charge in [-0.25, -0.2) is 0 Å². The molecule has 0 aliphatic rings. The van der Waals surface area contributed by atoms with Gasteiger partial charge in [0.1, 0.15) is 4.90 Å². The molecule has 0 saturated heterocycles. The first-order valence-electron chi connectivity index (χ1n) is 6.67. The third-order valence-corrected chi connectivity index (χ3v) is 4.17. The molecule has 0 aromatic heterocycles. The Morgan fingerprint density at radius 2 is 1.33 bits per heavy atom. The summed E-state index contributed by atoms with van der Waals surface area (Å²) in [5.41, 5.74) is -1.37. The molecule has 0 aliphatic carbocycles. The molecule has 6 heteroatoms. The molecule has 0 aliphatic heterocycles. The highest BCUT2D eigenvalue weighted by Crippen LogP contribution is 3.02. The van der Waals surface area contributed by atoms with E-state index in [1.54, 1.807) is 0 Å². The number of rotatable bonds is 2. The summed E-state index contributed by atoms with van der Waals surface area (Å²) in [6.07, 6.45) is 0.304. The third kappa shape index (κ3) is 5.16. The zero-order chi connectivity index (χ0) is 17.0. The highest BCUT2D eigenvalue weighted by Gasteiger charge is 2.67. The predicted octanol–water partition coefficient (Wildman–Crippen LogP) is 7.23. The predicted molar refractivity (Wildman–Crippen MR) is 79.7 cm³/mol. The second kappa shape index (κ2) is 4.15. The van der Waals surface area contributed by atoms with E-state index in [-0.39, 0.29) is 16.5 Å². The van der Waals surface area contributed by atoms with Crippen LogP contribution in [0.25, 0.3) is 0 Å². The van der Waals surface area contributed by atoms with Gasteiger partial charge in [0.15, 0.2) is 0 Å². The normalized spacial score (nSPS) is 17.3. The molecule has 0 heterocycles. The Morgan fingerprint density at radius 1 is 0.857 bits per heavy atom. The maximum Gasteiger partial charge on any atom is 0.310 e. The first kappa shape index (κ1) is 18.3. The molecule has 1 aromatic rings. The average Bonchev–Trinajstić information content (AvgIpc) is 2.09. The minimum atomic E-state index is -9.71. The fourth-order valence-electron chi connectivity index (χ4n) is 2.23. The minimum Gasteiger partial charge on any atom is -0.0936 e. The van der Waals surface area contributed by atoms with Gasteiger partial charge in [0.25, 0.3) is 0 Å². The van der Waals surface area contributed by atoms with E-state index in [2.05, 4.69) is 0 Å². The van der Waals surface area contributed by atoms with Crippen LogP contribution in [-0.4, -0.2) is 0 Å². The van der Waals surface area contributed by atoms with Crippen molar-refractivity contribution >= 4 is 10.2 Å². The monoisotopic (exact) mass is 330 g/mol. The van der Waals surface area contributed by atoms with Crippen LogP contribution in [0, 0.1) is 5.41 Å². The van der Waals surface area contributed by atoms with Crippen LogP contribution in [-0.2, 0) is 11.8 Å². The van der Waals surface area contributed by atoms with E-state index in [4.69, 9.17) is 0 Å². The zero-order valence-electron chi connectivity index (χ0n) is 13.2. The van der Waals surface area contributed by atoms with Crippen molar-refractivity contribution < 1.29 is 19.4 Å². The molecule has 0 saturated carbocycles. The number of hydrogen-bond acceptors (Lipinski definition) is 0. The summed E-state index contributed by atoms with van der Waals surface area (Å²) in [7, 11) is -9.71. The Bertz CT molecular complexity index is 544. The van der Waals surface area contributed by atoms with Gasteiger partial charge in [-0.1, -0.05) is 73.1 Å². The van der Waals surface area contributed by atoms with E-state index in [1.165, 1.54) is 32.9 Å². The van der Waals surface area contributed by atoms with E-state index in [0.29, 0.717) is 12.5 Å². The SMILES string of the molecule is CC(C)(C)Cc1ccc(C(C)(C)C)c(S(F)(F)(F)(F)F)c1. The van der Waals surface area contributed by atoms with Gasteiger partial charge in [-0.05, 0) is 34.4 Å². The molecule has 124 valence electrons. The van der Waals surface area contributed by atoms with E-state index in [1.807, 2.05) is 20.8 Å². The third-order valence-electron chi connectivity index (χ3n) is 3.00. The summed E-state index contributed by atoms with van der Waals surface area (Å²) in [4.78, 5) is -1.75. The van der Waals surface area contributed by atoms with Crippen LogP contribution in [0.4, 0.5) is 19.4 Å². The van der Waals surface area contributed by atoms with Crippen LogP contribution in [0.3, 0.4) is 0 Å². The molecule has 0 amide bonds.